The van der Waals surface area contributed by atoms with Crippen LogP contribution in [0.3, 0.4) is 0 Å². The number of benzene rings is 1. The van der Waals surface area contributed by atoms with Crippen molar-refractivity contribution in [2.24, 2.45) is 14.1 Å². The second-order valence-electron chi connectivity index (χ2n) is 6.91. The Hall–Kier alpha value is -2.75. The van der Waals surface area contributed by atoms with E-state index in [0.29, 0.717) is 17.9 Å². The molecule has 0 unspecified atom stereocenters. The molecule has 0 aliphatic rings. The number of alkyl halides is 3. The van der Waals surface area contributed by atoms with Crippen LogP contribution in [0.4, 0.5) is 13.2 Å². The minimum Gasteiger partial charge on any atom is -0.326 e. The maximum Gasteiger partial charge on any atom is 0.433 e. The molecule has 3 aromatic heterocycles. The first kappa shape index (κ1) is 20.5. The van der Waals surface area contributed by atoms with Gasteiger partial charge < -0.3 is 4.57 Å². The van der Waals surface area contributed by atoms with Crippen LogP contribution in [0.25, 0.3) is 33.5 Å². The van der Waals surface area contributed by atoms with Gasteiger partial charge in [0, 0.05) is 31.1 Å². The van der Waals surface area contributed by atoms with E-state index >= 15 is 0 Å². The molecule has 3 heterocycles. The van der Waals surface area contributed by atoms with E-state index in [2.05, 4.69) is 9.97 Å². The third-order valence-corrected chi connectivity index (χ3v) is 6.10. The molecule has 0 saturated heterocycles. The minimum atomic E-state index is -4.53. The molecule has 4 rings (SSSR count). The van der Waals surface area contributed by atoms with Crippen molar-refractivity contribution in [3.05, 3.63) is 40.6 Å². The van der Waals surface area contributed by atoms with Crippen molar-refractivity contribution in [1.82, 2.24) is 23.7 Å². The molecule has 0 saturated carbocycles. The maximum absolute atomic E-state index is 13.1. The van der Waals surface area contributed by atoms with Gasteiger partial charge in [0.05, 0.1) is 28.3 Å². The van der Waals surface area contributed by atoms with Crippen LogP contribution in [0.1, 0.15) is 19.5 Å². The fraction of sp³-hybridized carbons (Fsp3) is 0.350. The maximum atomic E-state index is 13.1. The van der Waals surface area contributed by atoms with Crippen LogP contribution in [-0.2, 0) is 26.8 Å². The number of hydrogen-bond donors (Lipinski definition) is 0. The van der Waals surface area contributed by atoms with E-state index in [1.807, 2.05) is 26.0 Å². The Bertz CT molecular complexity index is 1330. The van der Waals surface area contributed by atoms with Gasteiger partial charge in [0.1, 0.15) is 11.5 Å². The van der Waals surface area contributed by atoms with Gasteiger partial charge in [0.2, 0.25) is 0 Å². The molecule has 10 heteroatoms. The normalized spacial score (nSPS) is 12.4. The lowest BCUT2D eigenvalue weighted by Gasteiger charge is -2.10. The lowest BCUT2D eigenvalue weighted by Crippen LogP contribution is -2.21. The zero-order valence-corrected chi connectivity index (χ0v) is 17.7. The number of rotatable bonds is 4. The molecule has 0 atom stereocenters. The minimum absolute atomic E-state index is 0.110. The van der Waals surface area contributed by atoms with Gasteiger partial charge in [-0.05, 0) is 30.9 Å². The Morgan fingerprint density at radius 2 is 1.77 bits per heavy atom. The first-order chi connectivity index (χ1) is 14.2. The molecular weight excluding hydrogens is 415 g/mol. The van der Waals surface area contributed by atoms with Crippen molar-refractivity contribution in [3.63, 3.8) is 0 Å². The third kappa shape index (κ3) is 3.10. The van der Waals surface area contributed by atoms with Gasteiger partial charge in [-0.1, -0.05) is 6.92 Å². The number of thioether (sulfide) groups is 1. The fourth-order valence-electron chi connectivity index (χ4n) is 3.67. The van der Waals surface area contributed by atoms with Gasteiger partial charge >= 0.3 is 11.9 Å². The molecule has 0 N–H and O–H groups in total. The van der Waals surface area contributed by atoms with Crippen molar-refractivity contribution in [1.29, 1.82) is 0 Å². The summed E-state index contributed by atoms with van der Waals surface area (Å²) in [6, 6.07) is 4.82. The largest absolute Gasteiger partial charge is 0.433 e. The van der Waals surface area contributed by atoms with Gasteiger partial charge in [-0.15, -0.1) is 11.8 Å². The van der Waals surface area contributed by atoms with Crippen LogP contribution in [0, 0.1) is 0 Å². The summed E-state index contributed by atoms with van der Waals surface area (Å²) in [4.78, 5) is 21.5. The number of fused-ring (bicyclic) bond motifs is 2. The molecule has 0 bridgehead atoms. The number of hydrogen-bond acceptors (Lipinski definition) is 4. The van der Waals surface area contributed by atoms with Crippen molar-refractivity contribution < 1.29 is 13.2 Å². The monoisotopic (exact) mass is 435 g/mol. The predicted octanol–water partition coefficient (Wildman–Crippen LogP) is 4.44. The van der Waals surface area contributed by atoms with Gasteiger partial charge in [-0.3, -0.25) is 9.13 Å². The van der Waals surface area contributed by atoms with E-state index < -0.39 is 11.9 Å². The average molecular weight is 435 g/mol. The van der Waals surface area contributed by atoms with Crippen molar-refractivity contribution in [3.8, 4) is 11.4 Å². The highest BCUT2D eigenvalue weighted by Crippen LogP contribution is 2.36. The van der Waals surface area contributed by atoms with Crippen molar-refractivity contribution >= 4 is 33.8 Å². The van der Waals surface area contributed by atoms with E-state index in [1.165, 1.54) is 6.20 Å². The van der Waals surface area contributed by atoms with Crippen LogP contribution in [0.2, 0.25) is 0 Å². The summed E-state index contributed by atoms with van der Waals surface area (Å²) in [5.41, 5.74) is 1.99. The molecule has 0 amide bonds. The van der Waals surface area contributed by atoms with E-state index in [1.54, 1.807) is 39.6 Å². The molecule has 0 spiro atoms. The first-order valence-corrected chi connectivity index (χ1v) is 10.4. The van der Waals surface area contributed by atoms with Crippen molar-refractivity contribution in [2.45, 2.75) is 31.5 Å². The number of aryl methyl sites for hydroxylation is 3. The Morgan fingerprint density at radius 1 is 1.03 bits per heavy atom. The summed E-state index contributed by atoms with van der Waals surface area (Å²) >= 11 is 1.60. The molecular formula is C20H20F3N5OS. The van der Waals surface area contributed by atoms with Crippen LogP contribution < -0.4 is 5.69 Å². The second kappa shape index (κ2) is 7.19. The number of pyridine rings is 1. The van der Waals surface area contributed by atoms with Gasteiger partial charge in [0.25, 0.3) is 0 Å². The molecule has 1 aromatic carbocycles. The summed E-state index contributed by atoms with van der Waals surface area (Å²) < 4.78 is 44.2. The van der Waals surface area contributed by atoms with E-state index in [4.69, 9.17) is 0 Å². The number of halogens is 3. The molecule has 0 fully saturated rings. The molecule has 158 valence electrons. The highest BCUT2D eigenvalue weighted by molar-refractivity contribution is 7.99. The zero-order valence-electron chi connectivity index (χ0n) is 16.9. The summed E-state index contributed by atoms with van der Waals surface area (Å²) in [6.45, 7) is 4.48. The quantitative estimate of drug-likeness (QED) is 0.445. The highest BCUT2D eigenvalue weighted by Gasteiger charge is 2.33. The standard InChI is InChI=1S/C20H20F3N5OS/c1-5-28-14-9-16(30-6-2)11(7-13(14)27(4)19(28)29)18-25-12-8-17(20(21,22)23)24-10-15(12)26(18)3/h7-10H,5-6H2,1-4H3. The Balaban J connectivity index is 2.01. The molecule has 0 radical (unpaired) electrons. The zero-order chi connectivity index (χ0) is 21.8. The Kier molecular flexibility index (Phi) is 4.92. The Morgan fingerprint density at radius 3 is 2.40 bits per heavy atom. The van der Waals surface area contributed by atoms with E-state index in [9.17, 15) is 18.0 Å². The van der Waals surface area contributed by atoms with E-state index in [0.717, 1.165) is 33.3 Å². The SMILES string of the molecule is CCSc1cc2c(cc1-c1nc3cc(C(F)(F)F)ncc3n1C)n(C)c(=O)n2CC. The smallest absolute Gasteiger partial charge is 0.326 e. The summed E-state index contributed by atoms with van der Waals surface area (Å²) in [5.74, 6) is 1.33. The van der Waals surface area contributed by atoms with Crippen molar-refractivity contribution in [2.75, 3.05) is 5.75 Å². The summed E-state index contributed by atoms with van der Waals surface area (Å²) in [6.07, 6.45) is -3.33. The number of nitrogens with zero attached hydrogens (tertiary/aromatic N) is 5. The molecule has 6 nitrogen and oxygen atoms in total. The topological polar surface area (TPSA) is 57.6 Å². The van der Waals surface area contributed by atoms with Gasteiger partial charge in [0.15, 0.2) is 0 Å². The van der Waals surface area contributed by atoms with Crippen LogP contribution in [0.5, 0.6) is 0 Å². The molecule has 0 aliphatic carbocycles. The van der Waals surface area contributed by atoms with Crippen LogP contribution >= 0.6 is 11.8 Å². The number of imidazole rings is 2. The third-order valence-electron chi connectivity index (χ3n) is 5.16. The van der Waals surface area contributed by atoms with E-state index in [-0.39, 0.29) is 11.2 Å². The molecule has 0 aliphatic heterocycles. The Labute approximate surface area is 174 Å². The lowest BCUT2D eigenvalue weighted by molar-refractivity contribution is -0.141. The molecule has 4 aromatic rings. The first-order valence-electron chi connectivity index (χ1n) is 9.43. The summed E-state index contributed by atoms with van der Waals surface area (Å²) in [5, 5.41) is 0. The fourth-order valence-corrected chi connectivity index (χ4v) is 4.48. The highest BCUT2D eigenvalue weighted by atomic mass is 32.2. The summed E-state index contributed by atoms with van der Waals surface area (Å²) in [7, 11) is 3.46. The lowest BCUT2D eigenvalue weighted by atomic mass is 10.1. The number of aromatic nitrogens is 5. The van der Waals surface area contributed by atoms with Crippen LogP contribution in [-0.4, -0.2) is 29.4 Å². The van der Waals surface area contributed by atoms with Gasteiger partial charge in [-0.25, -0.2) is 14.8 Å². The van der Waals surface area contributed by atoms with Crippen LogP contribution in [0.15, 0.2) is 34.1 Å². The molecule has 30 heavy (non-hydrogen) atoms. The average Bonchev–Trinajstić information content (AvgIpc) is 3.14. The predicted molar refractivity (Wildman–Crippen MR) is 112 cm³/mol. The van der Waals surface area contributed by atoms with Gasteiger partial charge in [-0.2, -0.15) is 13.2 Å². The second-order valence-corrected chi connectivity index (χ2v) is 8.21.